The van der Waals surface area contributed by atoms with Gasteiger partial charge in [-0.2, -0.15) is 0 Å². The Kier molecular flexibility index (Phi) is 3.32. The average Bonchev–Trinajstić information content (AvgIpc) is 2.12. The first-order valence-electron chi connectivity index (χ1n) is 6.17. The molecule has 1 amide bonds. The normalized spacial score (nSPS) is 27.4. The second kappa shape index (κ2) is 4.46. The summed E-state index contributed by atoms with van der Waals surface area (Å²) in [6, 6.07) is 0.141. The minimum Gasteiger partial charge on any atom is -0.444 e. The van der Waals surface area contributed by atoms with Crippen LogP contribution >= 0.6 is 0 Å². The van der Waals surface area contributed by atoms with E-state index in [4.69, 9.17) is 9.47 Å². The molecule has 1 unspecified atom stereocenters. The van der Waals surface area contributed by atoms with Crippen LogP contribution in [0.15, 0.2) is 0 Å². The van der Waals surface area contributed by atoms with Crippen molar-refractivity contribution in [2.75, 3.05) is 26.3 Å². The largest absolute Gasteiger partial charge is 0.444 e. The van der Waals surface area contributed by atoms with Crippen molar-refractivity contribution in [1.29, 1.82) is 0 Å². The van der Waals surface area contributed by atoms with E-state index in [1.807, 2.05) is 20.8 Å². The van der Waals surface area contributed by atoms with Gasteiger partial charge < -0.3 is 20.1 Å². The summed E-state index contributed by atoms with van der Waals surface area (Å²) >= 11 is 0. The highest BCUT2D eigenvalue weighted by Gasteiger charge is 2.43. The van der Waals surface area contributed by atoms with Gasteiger partial charge in [-0.15, -0.1) is 0 Å². The summed E-state index contributed by atoms with van der Waals surface area (Å²) < 4.78 is 10.5. The molecule has 2 aliphatic rings. The Morgan fingerprint density at radius 3 is 2.71 bits per heavy atom. The van der Waals surface area contributed by atoms with Gasteiger partial charge in [-0.05, 0) is 27.2 Å². The van der Waals surface area contributed by atoms with Crippen LogP contribution < -0.4 is 10.6 Å². The molecule has 1 spiro atoms. The Labute approximate surface area is 102 Å². The van der Waals surface area contributed by atoms with Gasteiger partial charge in [0.15, 0.2) is 0 Å². The van der Waals surface area contributed by atoms with E-state index in [1.54, 1.807) is 0 Å². The molecule has 5 heteroatoms. The summed E-state index contributed by atoms with van der Waals surface area (Å²) in [5.74, 6) is 0. The molecule has 2 N–H and O–H groups in total. The Hall–Kier alpha value is -0.810. The van der Waals surface area contributed by atoms with Crippen LogP contribution in [0.1, 0.15) is 27.2 Å². The van der Waals surface area contributed by atoms with Crippen LogP contribution in [-0.2, 0) is 9.47 Å². The number of piperidine rings is 1. The molecule has 2 aliphatic heterocycles. The third kappa shape index (κ3) is 3.33. The number of hydrogen-bond acceptors (Lipinski definition) is 4. The van der Waals surface area contributed by atoms with Crippen LogP contribution in [0.5, 0.6) is 0 Å². The molecule has 98 valence electrons. The lowest BCUT2D eigenvalue weighted by molar-refractivity contribution is -0.127. The average molecular weight is 242 g/mol. The summed E-state index contributed by atoms with van der Waals surface area (Å²) in [6.07, 6.45) is 0.640. The van der Waals surface area contributed by atoms with E-state index in [2.05, 4.69) is 10.6 Å². The highest BCUT2D eigenvalue weighted by molar-refractivity contribution is 5.68. The molecular weight excluding hydrogens is 220 g/mol. The van der Waals surface area contributed by atoms with Crippen LogP contribution in [0.25, 0.3) is 0 Å². The molecule has 2 rings (SSSR count). The Morgan fingerprint density at radius 2 is 2.18 bits per heavy atom. The zero-order chi connectivity index (χ0) is 12.5. The van der Waals surface area contributed by atoms with Crippen LogP contribution in [-0.4, -0.2) is 44.0 Å². The summed E-state index contributed by atoms with van der Waals surface area (Å²) in [4.78, 5) is 11.7. The van der Waals surface area contributed by atoms with Gasteiger partial charge in [-0.1, -0.05) is 0 Å². The highest BCUT2D eigenvalue weighted by atomic mass is 16.6. The van der Waals surface area contributed by atoms with Crippen molar-refractivity contribution in [3.8, 4) is 0 Å². The van der Waals surface area contributed by atoms with Gasteiger partial charge >= 0.3 is 6.09 Å². The Bertz CT molecular complexity index is 295. The predicted octanol–water partition coefficient (Wildman–Crippen LogP) is 0.890. The van der Waals surface area contributed by atoms with Crippen LogP contribution in [0.4, 0.5) is 4.79 Å². The number of hydrogen-bond donors (Lipinski definition) is 2. The van der Waals surface area contributed by atoms with Gasteiger partial charge in [0.25, 0.3) is 0 Å². The third-order valence-corrected chi connectivity index (χ3v) is 3.11. The van der Waals surface area contributed by atoms with E-state index < -0.39 is 5.60 Å². The lowest BCUT2D eigenvalue weighted by atomic mass is 9.77. The number of carbonyl (C=O) groups excluding carboxylic acids is 1. The molecule has 0 aromatic heterocycles. The van der Waals surface area contributed by atoms with E-state index in [1.165, 1.54) is 0 Å². The second-order valence-electron chi connectivity index (χ2n) is 6.17. The van der Waals surface area contributed by atoms with Crippen molar-refractivity contribution >= 4 is 6.09 Å². The van der Waals surface area contributed by atoms with Gasteiger partial charge in [0.2, 0.25) is 0 Å². The first kappa shape index (κ1) is 12.6. The zero-order valence-electron chi connectivity index (χ0n) is 10.8. The van der Waals surface area contributed by atoms with Crippen LogP contribution in [0.2, 0.25) is 0 Å². The van der Waals surface area contributed by atoms with Gasteiger partial charge in [0, 0.05) is 24.5 Å². The lowest BCUT2D eigenvalue weighted by Gasteiger charge is -2.47. The summed E-state index contributed by atoms with van der Waals surface area (Å²) in [5, 5.41) is 6.27. The smallest absolute Gasteiger partial charge is 0.407 e. The molecular formula is C12H22N2O3. The van der Waals surface area contributed by atoms with Crippen molar-refractivity contribution < 1.29 is 14.3 Å². The SMILES string of the molecule is CC(C)(C)OC(=O)NC1CNCC2(COC2)C1. The standard InChI is InChI=1S/C12H22N2O3/c1-11(2,3)17-10(15)14-9-4-12(6-13-5-9)7-16-8-12/h9,13H,4-8H2,1-3H3,(H,14,15). The number of carbonyl (C=O) groups is 1. The van der Waals surface area contributed by atoms with E-state index in [0.717, 1.165) is 32.7 Å². The monoisotopic (exact) mass is 242 g/mol. The maximum absolute atomic E-state index is 11.7. The van der Waals surface area contributed by atoms with Crippen LogP contribution in [0, 0.1) is 5.41 Å². The minimum absolute atomic E-state index is 0.141. The molecule has 2 saturated heterocycles. The summed E-state index contributed by atoms with van der Waals surface area (Å²) in [6.45, 7) is 8.99. The maximum atomic E-state index is 11.7. The first-order valence-corrected chi connectivity index (χ1v) is 6.17. The van der Waals surface area contributed by atoms with Gasteiger partial charge in [-0.3, -0.25) is 0 Å². The fourth-order valence-electron chi connectivity index (χ4n) is 2.37. The molecule has 5 nitrogen and oxygen atoms in total. The second-order valence-corrected chi connectivity index (χ2v) is 6.17. The van der Waals surface area contributed by atoms with E-state index in [9.17, 15) is 4.79 Å². The predicted molar refractivity (Wildman–Crippen MR) is 63.9 cm³/mol. The summed E-state index contributed by atoms with van der Waals surface area (Å²) in [5.41, 5.74) is -0.207. The van der Waals surface area contributed by atoms with E-state index in [-0.39, 0.29) is 17.6 Å². The molecule has 0 bridgehead atoms. The van der Waals surface area contributed by atoms with Gasteiger partial charge in [0.1, 0.15) is 5.60 Å². The minimum atomic E-state index is -0.441. The number of alkyl carbamates (subject to hydrolysis) is 1. The number of nitrogens with one attached hydrogen (secondary N) is 2. The fraction of sp³-hybridized carbons (Fsp3) is 0.917. The van der Waals surface area contributed by atoms with Gasteiger partial charge in [0.05, 0.1) is 13.2 Å². The maximum Gasteiger partial charge on any atom is 0.407 e. The number of rotatable bonds is 1. The van der Waals surface area contributed by atoms with Crippen LogP contribution in [0.3, 0.4) is 0 Å². The quantitative estimate of drug-likeness (QED) is 0.717. The molecule has 0 aliphatic carbocycles. The van der Waals surface area contributed by atoms with Gasteiger partial charge in [-0.25, -0.2) is 4.79 Å². The molecule has 1 atom stereocenters. The molecule has 17 heavy (non-hydrogen) atoms. The topological polar surface area (TPSA) is 59.6 Å². The van der Waals surface area contributed by atoms with Crippen molar-refractivity contribution in [2.45, 2.75) is 38.8 Å². The number of amides is 1. The molecule has 0 saturated carbocycles. The van der Waals surface area contributed by atoms with Crippen molar-refractivity contribution in [3.63, 3.8) is 0 Å². The zero-order valence-corrected chi connectivity index (χ0v) is 10.8. The Balaban J connectivity index is 1.80. The van der Waals surface area contributed by atoms with E-state index in [0.29, 0.717) is 0 Å². The summed E-state index contributed by atoms with van der Waals surface area (Å²) in [7, 11) is 0. The molecule has 0 radical (unpaired) electrons. The molecule has 0 aromatic rings. The van der Waals surface area contributed by atoms with Crippen molar-refractivity contribution in [3.05, 3.63) is 0 Å². The fourth-order valence-corrected chi connectivity index (χ4v) is 2.37. The lowest BCUT2D eigenvalue weighted by Crippen LogP contribution is -2.60. The molecule has 0 aromatic carbocycles. The number of ether oxygens (including phenoxy) is 2. The molecule has 2 fully saturated rings. The highest BCUT2D eigenvalue weighted by Crippen LogP contribution is 2.34. The van der Waals surface area contributed by atoms with E-state index >= 15 is 0 Å². The Morgan fingerprint density at radius 1 is 1.47 bits per heavy atom. The van der Waals surface area contributed by atoms with Crippen molar-refractivity contribution in [2.24, 2.45) is 5.41 Å². The molecule has 2 heterocycles. The van der Waals surface area contributed by atoms with Crippen molar-refractivity contribution in [1.82, 2.24) is 10.6 Å². The third-order valence-electron chi connectivity index (χ3n) is 3.11. The first-order chi connectivity index (χ1) is 7.89.